The summed E-state index contributed by atoms with van der Waals surface area (Å²) in [5, 5.41) is 25.4. The van der Waals surface area contributed by atoms with Gasteiger partial charge in [-0.15, -0.1) is 0 Å². The molecule has 0 heterocycles. The van der Waals surface area contributed by atoms with E-state index in [0.29, 0.717) is 25.8 Å². The van der Waals surface area contributed by atoms with E-state index >= 15 is 0 Å². The van der Waals surface area contributed by atoms with Crippen molar-refractivity contribution >= 4 is 17.9 Å². The third-order valence-electron chi connectivity index (χ3n) is 4.52. The molecular formula is C24H36N4O6. The van der Waals surface area contributed by atoms with Crippen molar-refractivity contribution in [2.24, 2.45) is 22.9 Å². The highest BCUT2D eigenvalue weighted by atomic mass is 16.4. The lowest BCUT2D eigenvalue weighted by atomic mass is 10.1. The lowest BCUT2D eigenvalue weighted by molar-refractivity contribution is -0.139. The quantitative estimate of drug-likeness (QED) is 0.226. The zero-order valence-corrected chi connectivity index (χ0v) is 19.1. The van der Waals surface area contributed by atoms with E-state index in [2.05, 4.69) is 0 Å². The predicted molar refractivity (Wildman–Crippen MR) is 130 cm³/mol. The van der Waals surface area contributed by atoms with Gasteiger partial charge in [0.05, 0.1) is 0 Å². The molecule has 0 aromatic heterocycles. The summed E-state index contributed by atoms with van der Waals surface area (Å²) < 4.78 is 0. The Morgan fingerprint density at radius 2 is 0.971 bits per heavy atom. The maximum Gasteiger partial charge on any atom is 0.320 e. The predicted octanol–water partition coefficient (Wildman–Crippen LogP) is 0.809. The molecule has 2 aromatic carbocycles. The van der Waals surface area contributed by atoms with Crippen LogP contribution in [0, 0.1) is 0 Å². The fourth-order valence-electron chi connectivity index (χ4n) is 2.54. The third kappa shape index (κ3) is 15.5. The monoisotopic (exact) mass is 476 g/mol. The summed E-state index contributed by atoms with van der Waals surface area (Å²) >= 11 is 0. The van der Waals surface area contributed by atoms with Gasteiger partial charge < -0.3 is 38.3 Å². The summed E-state index contributed by atoms with van der Waals surface area (Å²) in [5.74, 6) is -2.85. The number of rotatable bonds is 11. The number of carboxylic acids is 3. The van der Waals surface area contributed by atoms with Crippen molar-refractivity contribution in [1.82, 2.24) is 0 Å². The van der Waals surface area contributed by atoms with Gasteiger partial charge in [0.2, 0.25) is 0 Å². The van der Waals surface area contributed by atoms with Crippen LogP contribution in [0.2, 0.25) is 0 Å². The molecule has 0 fully saturated rings. The van der Waals surface area contributed by atoms with E-state index in [9.17, 15) is 14.4 Å². The van der Waals surface area contributed by atoms with Crippen LogP contribution in [0.25, 0.3) is 0 Å². The Hall–Kier alpha value is -3.31. The van der Waals surface area contributed by atoms with Crippen LogP contribution in [0.3, 0.4) is 0 Å². The summed E-state index contributed by atoms with van der Waals surface area (Å²) in [6.07, 6.45) is 2.93. The fourth-order valence-corrected chi connectivity index (χ4v) is 2.54. The minimum Gasteiger partial charge on any atom is -0.480 e. The van der Waals surface area contributed by atoms with Gasteiger partial charge in [-0.1, -0.05) is 67.1 Å². The molecule has 0 saturated heterocycles. The van der Waals surface area contributed by atoms with Crippen molar-refractivity contribution in [3.05, 3.63) is 71.8 Å². The average molecular weight is 477 g/mol. The number of carbonyl (C=O) groups is 3. The van der Waals surface area contributed by atoms with Crippen LogP contribution in [0.1, 0.15) is 30.4 Å². The Kier molecular flexibility index (Phi) is 16.4. The minimum absolute atomic E-state index is 0.385. The smallest absolute Gasteiger partial charge is 0.320 e. The van der Waals surface area contributed by atoms with Crippen molar-refractivity contribution in [2.45, 2.75) is 50.2 Å². The maximum atomic E-state index is 10.4. The molecule has 11 N–H and O–H groups in total. The molecule has 3 unspecified atom stereocenters. The number of unbranched alkanes of at least 4 members (excludes halogenated alkanes) is 1. The normalized spacial score (nSPS) is 12.6. The highest BCUT2D eigenvalue weighted by Crippen LogP contribution is 2.02. The average Bonchev–Trinajstić information content (AvgIpc) is 2.81. The molecule has 2 rings (SSSR count). The van der Waals surface area contributed by atoms with E-state index in [1.54, 1.807) is 0 Å². The van der Waals surface area contributed by atoms with Gasteiger partial charge in [0.25, 0.3) is 0 Å². The van der Waals surface area contributed by atoms with E-state index in [1.165, 1.54) is 0 Å². The van der Waals surface area contributed by atoms with Crippen LogP contribution in [-0.4, -0.2) is 57.9 Å². The standard InChI is InChI=1S/2C9H11NO2.C6H14N2O2/c2*10-8(9(11)12)6-7-4-2-1-3-5-7;7-4-2-1-3-5(8)6(9)10/h2*1-5,8H,6,10H2,(H,11,12);5H,1-4,7-8H2,(H,9,10). The van der Waals surface area contributed by atoms with Crippen molar-refractivity contribution < 1.29 is 29.7 Å². The number of nitrogens with two attached hydrogens (primary N) is 4. The molecule has 0 aliphatic rings. The second-order valence-electron chi connectivity index (χ2n) is 7.50. The largest absolute Gasteiger partial charge is 0.480 e. The van der Waals surface area contributed by atoms with E-state index in [-0.39, 0.29) is 0 Å². The van der Waals surface area contributed by atoms with Gasteiger partial charge in [-0.25, -0.2) is 0 Å². The van der Waals surface area contributed by atoms with Gasteiger partial charge in [0, 0.05) is 0 Å². The molecule has 0 aliphatic heterocycles. The van der Waals surface area contributed by atoms with Gasteiger partial charge in [-0.05, 0) is 43.4 Å². The summed E-state index contributed by atoms with van der Waals surface area (Å²) in [6, 6.07) is 16.4. The van der Waals surface area contributed by atoms with Crippen LogP contribution in [0.5, 0.6) is 0 Å². The van der Waals surface area contributed by atoms with Crippen molar-refractivity contribution in [3.63, 3.8) is 0 Å². The molecule has 2 aromatic rings. The first kappa shape index (κ1) is 30.7. The molecule has 3 atom stereocenters. The summed E-state index contributed by atoms with van der Waals surface area (Å²) in [7, 11) is 0. The van der Waals surface area contributed by atoms with E-state index in [1.807, 2.05) is 60.7 Å². The number of hydrogen-bond donors (Lipinski definition) is 7. The van der Waals surface area contributed by atoms with Crippen molar-refractivity contribution in [1.29, 1.82) is 0 Å². The summed E-state index contributed by atoms with van der Waals surface area (Å²) in [6.45, 7) is 0.604. The zero-order chi connectivity index (χ0) is 25.9. The lowest BCUT2D eigenvalue weighted by Gasteiger charge is -2.04. The zero-order valence-electron chi connectivity index (χ0n) is 19.1. The molecule has 188 valence electrons. The van der Waals surface area contributed by atoms with E-state index in [0.717, 1.165) is 24.0 Å². The molecule has 0 spiro atoms. The van der Waals surface area contributed by atoms with Gasteiger partial charge in [-0.2, -0.15) is 0 Å². The Morgan fingerprint density at radius 3 is 1.26 bits per heavy atom. The van der Waals surface area contributed by atoms with Crippen molar-refractivity contribution in [3.8, 4) is 0 Å². The number of aliphatic carboxylic acids is 3. The second kappa shape index (κ2) is 18.2. The van der Waals surface area contributed by atoms with Gasteiger partial charge in [-0.3, -0.25) is 14.4 Å². The van der Waals surface area contributed by atoms with Gasteiger partial charge in [0.1, 0.15) is 18.1 Å². The van der Waals surface area contributed by atoms with Gasteiger partial charge in [0.15, 0.2) is 0 Å². The first-order chi connectivity index (χ1) is 16.1. The molecular weight excluding hydrogens is 440 g/mol. The molecule has 10 nitrogen and oxygen atoms in total. The number of hydrogen-bond acceptors (Lipinski definition) is 7. The highest BCUT2D eigenvalue weighted by molar-refractivity contribution is 5.74. The fraction of sp³-hybridized carbons (Fsp3) is 0.375. The highest BCUT2D eigenvalue weighted by Gasteiger charge is 2.12. The topological polar surface area (TPSA) is 216 Å². The van der Waals surface area contributed by atoms with Crippen LogP contribution < -0.4 is 22.9 Å². The molecule has 0 radical (unpaired) electrons. The molecule has 0 saturated carbocycles. The number of carboxylic acid groups (broad SMARTS) is 3. The molecule has 10 heteroatoms. The maximum absolute atomic E-state index is 10.4. The second-order valence-corrected chi connectivity index (χ2v) is 7.50. The Balaban J connectivity index is 0.000000484. The van der Waals surface area contributed by atoms with Crippen LogP contribution in [0.4, 0.5) is 0 Å². The number of benzene rings is 2. The Bertz CT molecular complexity index is 778. The van der Waals surface area contributed by atoms with Crippen LogP contribution in [-0.2, 0) is 27.2 Å². The van der Waals surface area contributed by atoms with E-state index < -0.39 is 36.0 Å². The first-order valence-corrected chi connectivity index (χ1v) is 10.8. The molecule has 0 bridgehead atoms. The Labute approximate surface area is 199 Å². The SMILES string of the molecule is NC(Cc1ccccc1)C(=O)O.NC(Cc1ccccc1)C(=O)O.NCCCCC(N)C(=O)O. The molecule has 34 heavy (non-hydrogen) atoms. The summed E-state index contributed by atoms with van der Waals surface area (Å²) in [5.41, 5.74) is 23.0. The van der Waals surface area contributed by atoms with E-state index in [4.69, 9.17) is 38.3 Å². The minimum atomic E-state index is -0.959. The molecule has 0 amide bonds. The first-order valence-electron chi connectivity index (χ1n) is 10.8. The Morgan fingerprint density at radius 1 is 0.618 bits per heavy atom. The van der Waals surface area contributed by atoms with Crippen LogP contribution >= 0.6 is 0 Å². The lowest BCUT2D eigenvalue weighted by Crippen LogP contribution is -2.32. The summed E-state index contributed by atoms with van der Waals surface area (Å²) in [4.78, 5) is 30.9. The molecule has 0 aliphatic carbocycles. The van der Waals surface area contributed by atoms with Gasteiger partial charge >= 0.3 is 17.9 Å². The van der Waals surface area contributed by atoms with Crippen molar-refractivity contribution in [2.75, 3.05) is 6.54 Å². The van der Waals surface area contributed by atoms with Crippen LogP contribution in [0.15, 0.2) is 60.7 Å². The third-order valence-corrected chi connectivity index (χ3v) is 4.52.